The molecule has 2 rings (SSSR count). The van der Waals surface area contributed by atoms with Gasteiger partial charge in [0.05, 0.1) is 12.9 Å². The van der Waals surface area contributed by atoms with E-state index in [-0.39, 0.29) is 5.69 Å². The first-order valence-electron chi connectivity index (χ1n) is 6.17. The molecule has 2 aromatic heterocycles. The molecule has 102 valence electrons. The summed E-state index contributed by atoms with van der Waals surface area (Å²) in [5.74, 6) is -0.134. The molecule has 0 amide bonds. The molecule has 0 aliphatic heterocycles. The molecule has 7 nitrogen and oxygen atoms in total. The summed E-state index contributed by atoms with van der Waals surface area (Å²) in [4.78, 5) is 15.5. The molecule has 0 spiro atoms. The highest BCUT2D eigenvalue weighted by molar-refractivity contribution is 5.92. The van der Waals surface area contributed by atoms with Crippen LogP contribution in [-0.2, 0) is 17.8 Å². The van der Waals surface area contributed by atoms with Crippen molar-refractivity contribution in [3.05, 3.63) is 30.5 Å². The topological polar surface area (TPSA) is 88.0 Å². The summed E-state index contributed by atoms with van der Waals surface area (Å²) in [5.41, 5.74) is 6.05. The van der Waals surface area contributed by atoms with Crippen molar-refractivity contribution in [3.63, 3.8) is 0 Å². The lowest BCUT2D eigenvalue weighted by Crippen LogP contribution is -2.11. The van der Waals surface area contributed by atoms with Crippen LogP contribution < -0.4 is 5.73 Å². The van der Waals surface area contributed by atoms with Crippen LogP contribution in [-0.4, -0.2) is 31.9 Å². The van der Waals surface area contributed by atoms with Crippen LogP contribution in [0.4, 0.5) is 5.82 Å². The van der Waals surface area contributed by atoms with Crippen molar-refractivity contribution in [2.45, 2.75) is 26.4 Å². The molecular weight excluding hydrogens is 246 g/mol. The second kappa shape index (κ2) is 6.03. The predicted molar refractivity (Wildman–Crippen MR) is 69.4 cm³/mol. The second-order valence-electron chi connectivity index (χ2n) is 4.01. The van der Waals surface area contributed by atoms with E-state index in [2.05, 4.69) is 10.1 Å². The van der Waals surface area contributed by atoms with Crippen LogP contribution in [0.5, 0.6) is 0 Å². The monoisotopic (exact) mass is 263 g/mol. The minimum atomic E-state index is -0.481. The van der Waals surface area contributed by atoms with Crippen molar-refractivity contribution < 1.29 is 9.53 Å². The van der Waals surface area contributed by atoms with Gasteiger partial charge in [-0.1, -0.05) is 0 Å². The van der Waals surface area contributed by atoms with Gasteiger partial charge in [-0.05, 0) is 19.4 Å². The van der Waals surface area contributed by atoms with Gasteiger partial charge in [-0.25, -0.2) is 9.78 Å². The molecule has 0 radical (unpaired) electrons. The van der Waals surface area contributed by atoms with Gasteiger partial charge >= 0.3 is 5.97 Å². The minimum Gasteiger partial charge on any atom is -0.461 e. The summed E-state index contributed by atoms with van der Waals surface area (Å²) in [6, 6.07) is 1.88. The number of carbonyl (C=O) groups excluding carboxylic acids is 1. The SMILES string of the molecule is CCOC(=O)c1ncn(CCCn2cccn2)c1N. The normalized spacial score (nSPS) is 10.6. The van der Waals surface area contributed by atoms with Gasteiger partial charge in [0.15, 0.2) is 5.69 Å². The third-order valence-corrected chi connectivity index (χ3v) is 2.69. The number of aromatic nitrogens is 4. The Morgan fingerprint density at radius 1 is 1.47 bits per heavy atom. The van der Waals surface area contributed by atoms with E-state index in [1.165, 1.54) is 0 Å². The summed E-state index contributed by atoms with van der Waals surface area (Å²) in [6.45, 7) is 3.52. The lowest BCUT2D eigenvalue weighted by atomic mass is 10.4. The number of hydrogen-bond acceptors (Lipinski definition) is 5. The van der Waals surface area contributed by atoms with Crippen LogP contribution in [0.3, 0.4) is 0 Å². The Bertz CT molecular complexity index is 532. The summed E-state index contributed by atoms with van der Waals surface area (Å²) in [7, 11) is 0. The van der Waals surface area contributed by atoms with Gasteiger partial charge < -0.3 is 15.0 Å². The van der Waals surface area contributed by atoms with Crippen LogP contribution >= 0.6 is 0 Å². The molecular formula is C12H17N5O2. The molecule has 0 saturated heterocycles. The molecule has 0 aromatic carbocycles. The number of hydrogen-bond donors (Lipinski definition) is 1. The van der Waals surface area contributed by atoms with E-state index in [9.17, 15) is 4.79 Å². The zero-order chi connectivity index (χ0) is 13.7. The average Bonchev–Trinajstić information content (AvgIpc) is 3.01. The predicted octanol–water partition coefficient (Wildman–Crippen LogP) is 0.929. The van der Waals surface area contributed by atoms with E-state index in [0.717, 1.165) is 13.0 Å². The molecule has 0 fully saturated rings. The minimum absolute atomic E-state index is 0.181. The summed E-state index contributed by atoms with van der Waals surface area (Å²) >= 11 is 0. The maximum Gasteiger partial charge on any atom is 0.360 e. The second-order valence-corrected chi connectivity index (χ2v) is 4.01. The smallest absolute Gasteiger partial charge is 0.360 e. The van der Waals surface area contributed by atoms with Crippen LogP contribution in [0.2, 0.25) is 0 Å². The Morgan fingerprint density at radius 2 is 2.32 bits per heavy atom. The van der Waals surface area contributed by atoms with Gasteiger partial charge in [-0.2, -0.15) is 5.10 Å². The number of nitrogen functional groups attached to an aromatic ring is 1. The number of nitrogens with two attached hydrogens (primary N) is 1. The summed E-state index contributed by atoms with van der Waals surface area (Å²) < 4.78 is 8.47. The van der Waals surface area contributed by atoms with E-state index < -0.39 is 5.97 Å². The summed E-state index contributed by atoms with van der Waals surface area (Å²) in [5, 5.41) is 4.11. The number of nitrogens with zero attached hydrogens (tertiary/aromatic N) is 4. The maximum atomic E-state index is 11.5. The average molecular weight is 263 g/mol. The van der Waals surface area contributed by atoms with Crippen molar-refractivity contribution in [1.29, 1.82) is 0 Å². The number of carbonyl (C=O) groups is 1. The van der Waals surface area contributed by atoms with E-state index >= 15 is 0 Å². The van der Waals surface area contributed by atoms with Crippen molar-refractivity contribution >= 4 is 11.8 Å². The largest absolute Gasteiger partial charge is 0.461 e. The Balaban J connectivity index is 1.92. The maximum absolute atomic E-state index is 11.5. The highest BCUT2D eigenvalue weighted by atomic mass is 16.5. The Labute approximate surface area is 111 Å². The van der Waals surface area contributed by atoms with Gasteiger partial charge in [0.25, 0.3) is 0 Å². The van der Waals surface area contributed by atoms with Crippen molar-refractivity contribution in [3.8, 4) is 0 Å². The van der Waals surface area contributed by atoms with Crippen LogP contribution in [0.25, 0.3) is 0 Å². The number of anilines is 1. The van der Waals surface area contributed by atoms with Gasteiger partial charge in [-0.3, -0.25) is 4.68 Å². The molecule has 2 N–H and O–H groups in total. The van der Waals surface area contributed by atoms with E-state index in [0.29, 0.717) is 19.0 Å². The van der Waals surface area contributed by atoms with Gasteiger partial charge in [0.2, 0.25) is 0 Å². The Morgan fingerprint density at radius 3 is 3.00 bits per heavy atom. The molecule has 0 saturated carbocycles. The summed E-state index contributed by atoms with van der Waals surface area (Å²) in [6.07, 6.45) is 6.06. The van der Waals surface area contributed by atoms with Crippen molar-refractivity contribution in [1.82, 2.24) is 19.3 Å². The fourth-order valence-corrected chi connectivity index (χ4v) is 1.76. The Kier molecular flexibility index (Phi) is 4.17. The zero-order valence-corrected chi connectivity index (χ0v) is 10.8. The molecule has 0 aliphatic rings. The van der Waals surface area contributed by atoms with E-state index in [4.69, 9.17) is 10.5 Å². The fraction of sp³-hybridized carbons (Fsp3) is 0.417. The van der Waals surface area contributed by atoms with Gasteiger partial charge in [0, 0.05) is 25.5 Å². The van der Waals surface area contributed by atoms with Gasteiger partial charge in [0.1, 0.15) is 5.82 Å². The third kappa shape index (κ3) is 3.12. The third-order valence-electron chi connectivity index (χ3n) is 2.69. The van der Waals surface area contributed by atoms with Crippen LogP contribution in [0, 0.1) is 0 Å². The molecule has 0 bridgehead atoms. The van der Waals surface area contributed by atoms with Crippen LogP contribution in [0.15, 0.2) is 24.8 Å². The fourth-order valence-electron chi connectivity index (χ4n) is 1.76. The number of rotatable bonds is 6. The first kappa shape index (κ1) is 13.1. The molecule has 0 unspecified atom stereocenters. The molecule has 0 aliphatic carbocycles. The highest BCUT2D eigenvalue weighted by Crippen LogP contribution is 2.12. The van der Waals surface area contributed by atoms with Crippen molar-refractivity contribution in [2.24, 2.45) is 0 Å². The number of esters is 1. The highest BCUT2D eigenvalue weighted by Gasteiger charge is 2.16. The number of ether oxygens (including phenoxy) is 1. The standard InChI is InChI=1S/C12H17N5O2/c1-2-19-12(18)10-11(13)16(9-14-10)6-4-8-17-7-3-5-15-17/h3,5,7,9H,2,4,6,8,13H2,1H3. The first-order chi connectivity index (χ1) is 9.22. The van der Waals surface area contributed by atoms with Crippen molar-refractivity contribution in [2.75, 3.05) is 12.3 Å². The molecule has 0 atom stereocenters. The molecule has 2 aromatic rings. The van der Waals surface area contributed by atoms with E-state index in [1.54, 1.807) is 24.0 Å². The quantitative estimate of drug-likeness (QED) is 0.783. The van der Waals surface area contributed by atoms with Crippen LogP contribution in [0.1, 0.15) is 23.8 Å². The number of aryl methyl sites for hydroxylation is 2. The zero-order valence-electron chi connectivity index (χ0n) is 10.8. The molecule has 2 heterocycles. The lowest BCUT2D eigenvalue weighted by molar-refractivity contribution is 0.0521. The van der Waals surface area contributed by atoms with Gasteiger partial charge in [-0.15, -0.1) is 0 Å². The van der Waals surface area contributed by atoms with E-state index in [1.807, 2.05) is 16.9 Å². The molecule has 19 heavy (non-hydrogen) atoms. The lowest BCUT2D eigenvalue weighted by Gasteiger charge is -2.06. The first-order valence-corrected chi connectivity index (χ1v) is 6.17. The molecule has 7 heteroatoms. The Hall–Kier alpha value is -2.31. The number of imidazole rings is 1.